The number of rotatable bonds is 8. The molecule has 114 valence electrons. The molecule has 0 saturated heterocycles. The molecule has 0 aliphatic carbocycles. The number of nitrogens with zero attached hydrogens (tertiary/aromatic N) is 2. The molecule has 0 aliphatic heterocycles. The van der Waals surface area contributed by atoms with Crippen LogP contribution in [0.2, 0.25) is 0 Å². The fourth-order valence-electron chi connectivity index (χ4n) is 1.89. The number of nitrogen functional groups attached to an aromatic ring is 1. The van der Waals surface area contributed by atoms with E-state index < -0.39 is 0 Å². The van der Waals surface area contributed by atoms with Gasteiger partial charge in [0.15, 0.2) is 0 Å². The monoisotopic (exact) mass is 283 g/mol. The molecule has 1 heterocycles. The summed E-state index contributed by atoms with van der Waals surface area (Å²) in [5.74, 6) is 0.586. The Morgan fingerprint density at radius 2 is 2.25 bits per heavy atom. The first kappa shape index (κ1) is 16.3. The van der Waals surface area contributed by atoms with E-state index in [9.17, 15) is 4.79 Å². The first-order valence-electron chi connectivity index (χ1n) is 6.85. The Kier molecular flexibility index (Phi) is 6.30. The minimum Gasteiger partial charge on any atom is -0.394 e. The molecule has 0 bridgehead atoms. The third-order valence-electron chi connectivity index (χ3n) is 3.00. The van der Waals surface area contributed by atoms with Gasteiger partial charge < -0.3 is 21.1 Å². The highest BCUT2D eigenvalue weighted by atomic mass is 16.5. The molecule has 7 nitrogen and oxygen atoms in total. The van der Waals surface area contributed by atoms with Gasteiger partial charge in [0.2, 0.25) is 5.91 Å². The maximum absolute atomic E-state index is 11.9. The van der Waals surface area contributed by atoms with Gasteiger partial charge in [-0.25, -0.2) is 0 Å². The Morgan fingerprint density at radius 1 is 1.55 bits per heavy atom. The van der Waals surface area contributed by atoms with E-state index in [2.05, 4.69) is 22.7 Å². The number of carbonyl (C=O) groups is 1. The van der Waals surface area contributed by atoms with E-state index in [1.165, 1.54) is 0 Å². The lowest BCUT2D eigenvalue weighted by Gasteiger charge is -2.15. The van der Waals surface area contributed by atoms with E-state index in [4.69, 9.17) is 10.5 Å². The molecule has 1 rings (SSSR count). The number of methoxy groups -OCH3 is 1. The highest BCUT2D eigenvalue weighted by Gasteiger charge is 2.18. The molecule has 7 heteroatoms. The van der Waals surface area contributed by atoms with Crippen molar-refractivity contribution >= 4 is 17.4 Å². The second kappa shape index (κ2) is 7.74. The molecular formula is C13H25N5O2. The molecule has 4 N–H and O–H groups in total. The minimum atomic E-state index is -0.390. The molecular weight excluding hydrogens is 258 g/mol. The molecule has 1 aromatic rings. The Bertz CT molecular complexity index is 444. The SMILES string of the molecule is CCCc1nn(C)c(NC(C)C(=O)NCCOC)c1N. The summed E-state index contributed by atoms with van der Waals surface area (Å²) in [5, 5.41) is 10.2. The lowest BCUT2D eigenvalue weighted by atomic mass is 10.2. The van der Waals surface area contributed by atoms with Crippen molar-refractivity contribution in [3.63, 3.8) is 0 Å². The molecule has 0 aliphatic rings. The number of hydrogen-bond acceptors (Lipinski definition) is 5. The first-order chi connectivity index (χ1) is 9.51. The third-order valence-corrected chi connectivity index (χ3v) is 3.00. The predicted octanol–water partition coefficient (Wildman–Crippen LogP) is 0.518. The summed E-state index contributed by atoms with van der Waals surface area (Å²) in [6.07, 6.45) is 1.81. The van der Waals surface area contributed by atoms with E-state index >= 15 is 0 Å². The summed E-state index contributed by atoms with van der Waals surface area (Å²) in [7, 11) is 3.41. The molecule has 0 saturated carbocycles. The zero-order valence-corrected chi connectivity index (χ0v) is 12.7. The average molecular weight is 283 g/mol. The van der Waals surface area contributed by atoms with E-state index in [0.717, 1.165) is 18.5 Å². The van der Waals surface area contributed by atoms with Crippen molar-refractivity contribution in [2.24, 2.45) is 7.05 Å². The lowest BCUT2D eigenvalue weighted by molar-refractivity contribution is -0.121. The van der Waals surface area contributed by atoms with E-state index in [-0.39, 0.29) is 11.9 Å². The number of aromatic nitrogens is 2. The fraction of sp³-hybridized carbons (Fsp3) is 0.692. The highest BCUT2D eigenvalue weighted by Crippen LogP contribution is 2.23. The molecule has 1 aromatic heterocycles. The van der Waals surface area contributed by atoms with E-state index in [1.807, 2.05) is 7.05 Å². The summed E-state index contributed by atoms with van der Waals surface area (Å²) >= 11 is 0. The van der Waals surface area contributed by atoms with Gasteiger partial charge in [0.05, 0.1) is 18.0 Å². The Labute approximate surface area is 119 Å². The van der Waals surface area contributed by atoms with Crippen LogP contribution >= 0.6 is 0 Å². The van der Waals surface area contributed by atoms with Crippen molar-refractivity contribution in [1.29, 1.82) is 0 Å². The molecule has 0 fully saturated rings. The van der Waals surface area contributed by atoms with Crippen molar-refractivity contribution in [3.05, 3.63) is 5.69 Å². The first-order valence-corrected chi connectivity index (χ1v) is 6.85. The number of anilines is 2. The quantitative estimate of drug-likeness (QED) is 0.605. The molecule has 1 unspecified atom stereocenters. The number of amides is 1. The number of hydrogen-bond donors (Lipinski definition) is 3. The topological polar surface area (TPSA) is 94.2 Å². The van der Waals surface area contributed by atoms with Crippen molar-refractivity contribution in [1.82, 2.24) is 15.1 Å². The smallest absolute Gasteiger partial charge is 0.242 e. The zero-order valence-electron chi connectivity index (χ0n) is 12.7. The Morgan fingerprint density at radius 3 is 2.85 bits per heavy atom. The van der Waals surface area contributed by atoms with Crippen LogP contribution in [0.1, 0.15) is 26.0 Å². The molecule has 1 atom stereocenters. The summed E-state index contributed by atoms with van der Waals surface area (Å²) in [5.41, 5.74) is 7.54. The predicted molar refractivity (Wildman–Crippen MR) is 79.6 cm³/mol. The van der Waals surface area contributed by atoms with Gasteiger partial charge in [-0.05, 0) is 13.3 Å². The van der Waals surface area contributed by atoms with Crippen LogP contribution < -0.4 is 16.4 Å². The van der Waals surface area contributed by atoms with Crippen LogP contribution in [0.25, 0.3) is 0 Å². The van der Waals surface area contributed by atoms with Gasteiger partial charge in [0, 0.05) is 20.7 Å². The summed E-state index contributed by atoms with van der Waals surface area (Å²) < 4.78 is 6.57. The van der Waals surface area contributed by atoms with Gasteiger partial charge in [-0.15, -0.1) is 0 Å². The Hall–Kier alpha value is -1.76. The van der Waals surface area contributed by atoms with Crippen LogP contribution in [-0.4, -0.2) is 42.0 Å². The maximum Gasteiger partial charge on any atom is 0.242 e. The van der Waals surface area contributed by atoms with Gasteiger partial charge in [-0.1, -0.05) is 13.3 Å². The van der Waals surface area contributed by atoms with Gasteiger partial charge in [-0.3, -0.25) is 9.48 Å². The van der Waals surface area contributed by atoms with Crippen LogP contribution in [-0.2, 0) is 23.0 Å². The standard InChI is InChI=1S/C13H25N5O2/c1-5-6-10-11(14)12(18(3)17-10)16-9(2)13(19)15-7-8-20-4/h9,16H,5-8,14H2,1-4H3,(H,15,19). The van der Waals surface area contributed by atoms with Crippen LogP contribution in [0.15, 0.2) is 0 Å². The van der Waals surface area contributed by atoms with Crippen LogP contribution in [0.4, 0.5) is 11.5 Å². The number of nitrogens with two attached hydrogens (primary N) is 1. The Balaban J connectivity index is 2.65. The van der Waals surface area contributed by atoms with E-state index in [1.54, 1.807) is 18.7 Å². The summed E-state index contributed by atoms with van der Waals surface area (Å²) in [4.78, 5) is 11.9. The molecule has 0 spiro atoms. The normalized spacial score (nSPS) is 12.2. The molecule has 0 radical (unpaired) electrons. The van der Waals surface area contributed by atoms with Crippen LogP contribution in [0, 0.1) is 0 Å². The van der Waals surface area contributed by atoms with Gasteiger partial charge in [-0.2, -0.15) is 5.10 Å². The van der Waals surface area contributed by atoms with Gasteiger partial charge in [0.25, 0.3) is 0 Å². The zero-order chi connectivity index (χ0) is 15.1. The second-order valence-corrected chi connectivity index (χ2v) is 4.73. The maximum atomic E-state index is 11.9. The number of aryl methyl sites for hydroxylation is 2. The minimum absolute atomic E-state index is 0.0975. The summed E-state index contributed by atoms with van der Waals surface area (Å²) in [6.45, 7) is 4.84. The van der Waals surface area contributed by atoms with Gasteiger partial charge >= 0.3 is 0 Å². The van der Waals surface area contributed by atoms with Crippen molar-refractivity contribution in [3.8, 4) is 0 Å². The largest absolute Gasteiger partial charge is 0.394 e. The molecule has 0 aromatic carbocycles. The third kappa shape index (κ3) is 4.12. The number of carbonyl (C=O) groups excluding carboxylic acids is 1. The van der Waals surface area contributed by atoms with Crippen LogP contribution in [0.5, 0.6) is 0 Å². The van der Waals surface area contributed by atoms with Crippen molar-refractivity contribution in [2.75, 3.05) is 31.3 Å². The second-order valence-electron chi connectivity index (χ2n) is 4.73. The number of nitrogens with one attached hydrogen (secondary N) is 2. The van der Waals surface area contributed by atoms with Crippen molar-refractivity contribution < 1.29 is 9.53 Å². The van der Waals surface area contributed by atoms with E-state index in [0.29, 0.717) is 24.7 Å². The fourth-order valence-corrected chi connectivity index (χ4v) is 1.89. The number of ether oxygens (including phenoxy) is 1. The van der Waals surface area contributed by atoms with Crippen LogP contribution in [0.3, 0.4) is 0 Å². The molecule has 1 amide bonds. The highest BCUT2D eigenvalue weighted by molar-refractivity contribution is 5.85. The van der Waals surface area contributed by atoms with Crippen molar-refractivity contribution in [2.45, 2.75) is 32.7 Å². The summed E-state index contributed by atoms with van der Waals surface area (Å²) in [6, 6.07) is -0.390. The molecule has 20 heavy (non-hydrogen) atoms. The average Bonchev–Trinajstić information content (AvgIpc) is 2.67. The lowest BCUT2D eigenvalue weighted by Crippen LogP contribution is -2.39. The van der Waals surface area contributed by atoms with Gasteiger partial charge in [0.1, 0.15) is 11.9 Å².